The summed E-state index contributed by atoms with van der Waals surface area (Å²) in [5.74, 6) is 0.0310. The second-order valence-electron chi connectivity index (χ2n) is 8.65. The Morgan fingerprint density at radius 3 is 2.48 bits per heavy atom. The predicted octanol–water partition coefficient (Wildman–Crippen LogP) is 2.79. The molecule has 0 aromatic heterocycles. The van der Waals surface area contributed by atoms with Crippen molar-refractivity contribution in [2.45, 2.75) is 71.1 Å². The molecule has 1 aromatic rings. The van der Waals surface area contributed by atoms with Crippen LogP contribution >= 0.6 is 12.2 Å². The molecule has 1 amide bonds. The highest BCUT2D eigenvalue weighted by atomic mass is 32.1. The summed E-state index contributed by atoms with van der Waals surface area (Å²) in [4.78, 5) is 14.9. The van der Waals surface area contributed by atoms with Crippen LogP contribution in [0.3, 0.4) is 0 Å². The van der Waals surface area contributed by atoms with Crippen molar-refractivity contribution in [2.75, 3.05) is 7.05 Å². The molecule has 1 fully saturated rings. The summed E-state index contributed by atoms with van der Waals surface area (Å²) < 4.78 is 0. The minimum atomic E-state index is -0.411. The zero-order chi connectivity index (χ0) is 20.0. The van der Waals surface area contributed by atoms with E-state index in [2.05, 4.69) is 10.6 Å². The first-order valence-electron chi connectivity index (χ1n) is 9.80. The average molecular weight is 391 g/mol. The van der Waals surface area contributed by atoms with E-state index in [0.29, 0.717) is 11.7 Å². The van der Waals surface area contributed by atoms with Gasteiger partial charge in [0.15, 0.2) is 5.11 Å². The van der Waals surface area contributed by atoms with E-state index in [9.17, 15) is 4.79 Å². The molecule has 0 aliphatic heterocycles. The van der Waals surface area contributed by atoms with E-state index in [1.807, 2.05) is 58.2 Å². The fourth-order valence-electron chi connectivity index (χ4n) is 3.48. The summed E-state index contributed by atoms with van der Waals surface area (Å²) in [6.07, 6.45) is 4.37. The molecule has 0 spiro atoms. The topological polar surface area (TPSA) is 70.4 Å². The lowest BCUT2D eigenvalue weighted by molar-refractivity contribution is -0.134. The quantitative estimate of drug-likeness (QED) is 0.675. The van der Waals surface area contributed by atoms with Gasteiger partial charge in [0, 0.05) is 25.7 Å². The smallest absolute Gasteiger partial charge is 0.245 e. The Bertz CT molecular complexity index is 629. The first-order valence-corrected chi connectivity index (χ1v) is 10.2. The van der Waals surface area contributed by atoms with Crippen LogP contribution in [0.5, 0.6) is 0 Å². The van der Waals surface area contributed by atoms with E-state index < -0.39 is 6.04 Å². The van der Waals surface area contributed by atoms with Gasteiger partial charge in [-0.15, -0.1) is 0 Å². The van der Waals surface area contributed by atoms with Gasteiger partial charge in [-0.25, -0.2) is 0 Å². The van der Waals surface area contributed by atoms with E-state index in [1.165, 1.54) is 6.42 Å². The van der Waals surface area contributed by atoms with E-state index in [1.54, 1.807) is 4.90 Å². The summed E-state index contributed by atoms with van der Waals surface area (Å²) in [7, 11) is 1.84. The van der Waals surface area contributed by atoms with Crippen LogP contribution < -0.4 is 16.4 Å². The number of rotatable bonds is 5. The van der Waals surface area contributed by atoms with Crippen molar-refractivity contribution in [3.63, 3.8) is 0 Å². The molecule has 3 unspecified atom stereocenters. The SMILES string of the molecule is CN(Cc1ccccc1)C(=O)C(NC(=S)NC1CCCCC1N)C(C)(C)C. The molecule has 4 N–H and O–H groups in total. The van der Waals surface area contributed by atoms with E-state index in [4.69, 9.17) is 18.0 Å². The van der Waals surface area contributed by atoms with E-state index in [0.717, 1.165) is 24.8 Å². The van der Waals surface area contributed by atoms with Gasteiger partial charge in [0.25, 0.3) is 0 Å². The van der Waals surface area contributed by atoms with Crippen LogP contribution in [-0.2, 0) is 11.3 Å². The van der Waals surface area contributed by atoms with Crippen LogP contribution in [0.1, 0.15) is 52.0 Å². The van der Waals surface area contributed by atoms with E-state index in [-0.39, 0.29) is 23.4 Å². The Hall–Kier alpha value is -1.66. The number of thiocarbonyl (C=S) groups is 1. The van der Waals surface area contributed by atoms with Crippen molar-refractivity contribution >= 4 is 23.2 Å². The number of nitrogens with one attached hydrogen (secondary N) is 2. The first kappa shape index (κ1) is 21.6. The Balaban J connectivity index is 2.01. The summed E-state index contributed by atoms with van der Waals surface area (Å²) in [5, 5.41) is 7.12. The fourth-order valence-corrected chi connectivity index (χ4v) is 3.75. The van der Waals surface area contributed by atoms with E-state index >= 15 is 0 Å². The lowest BCUT2D eigenvalue weighted by Gasteiger charge is -2.36. The molecular formula is C21H34N4OS. The third-order valence-electron chi connectivity index (χ3n) is 5.16. The number of hydrogen-bond acceptors (Lipinski definition) is 3. The maximum absolute atomic E-state index is 13.1. The molecule has 1 aromatic carbocycles. The van der Waals surface area contributed by atoms with Crippen LogP contribution in [0, 0.1) is 5.41 Å². The number of nitrogens with zero attached hydrogens (tertiary/aromatic N) is 1. The van der Waals surface area contributed by atoms with Gasteiger partial charge in [0.2, 0.25) is 5.91 Å². The second kappa shape index (κ2) is 9.51. The zero-order valence-corrected chi connectivity index (χ0v) is 17.8. The normalized spacial score (nSPS) is 21.2. The molecule has 0 radical (unpaired) electrons. The Kier molecular flexibility index (Phi) is 7.62. The number of amides is 1. The minimum Gasteiger partial charge on any atom is -0.358 e. The largest absolute Gasteiger partial charge is 0.358 e. The minimum absolute atomic E-state index is 0.0310. The number of hydrogen-bond donors (Lipinski definition) is 3. The Morgan fingerprint density at radius 1 is 1.26 bits per heavy atom. The van der Waals surface area contributed by atoms with Crippen LogP contribution in [0.2, 0.25) is 0 Å². The lowest BCUT2D eigenvalue weighted by Crippen LogP contribution is -2.59. The first-order chi connectivity index (χ1) is 12.7. The molecule has 150 valence electrons. The summed E-state index contributed by atoms with van der Waals surface area (Å²) in [6.45, 7) is 6.72. The maximum Gasteiger partial charge on any atom is 0.245 e. The maximum atomic E-state index is 13.1. The monoisotopic (exact) mass is 390 g/mol. The third kappa shape index (κ3) is 6.47. The summed E-state index contributed by atoms with van der Waals surface area (Å²) in [6, 6.07) is 9.88. The highest BCUT2D eigenvalue weighted by molar-refractivity contribution is 7.80. The molecular weight excluding hydrogens is 356 g/mol. The number of nitrogens with two attached hydrogens (primary N) is 1. The fraction of sp³-hybridized carbons (Fsp3) is 0.619. The van der Waals surface area contributed by atoms with Crippen LogP contribution in [0.25, 0.3) is 0 Å². The lowest BCUT2D eigenvalue weighted by atomic mass is 9.85. The molecule has 1 saturated carbocycles. The van der Waals surface area contributed by atoms with Crippen LogP contribution in [0.15, 0.2) is 30.3 Å². The molecule has 0 bridgehead atoms. The number of carbonyl (C=O) groups is 1. The third-order valence-corrected chi connectivity index (χ3v) is 5.40. The van der Waals surface area contributed by atoms with Crippen molar-refractivity contribution in [2.24, 2.45) is 11.1 Å². The van der Waals surface area contributed by atoms with Crippen LogP contribution in [0.4, 0.5) is 0 Å². The summed E-state index contributed by atoms with van der Waals surface area (Å²) >= 11 is 5.52. The molecule has 3 atom stereocenters. The zero-order valence-electron chi connectivity index (χ0n) is 17.0. The highest BCUT2D eigenvalue weighted by Crippen LogP contribution is 2.22. The van der Waals surface area contributed by atoms with Gasteiger partial charge < -0.3 is 21.3 Å². The standard InChI is InChI=1S/C21H34N4OS/c1-21(2,3)18(19(26)25(4)14-15-10-6-5-7-11-15)24-20(27)23-17-13-9-8-12-16(17)22/h5-7,10-11,16-18H,8-9,12-14,22H2,1-4H3,(H2,23,24,27). The molecule has 27 heavy (non-hydrogen) atoms. The van der Waals surface area contributed by atoms with Gasteiger partial charge in [-0.05, 0) is 36.0 Å². The molecule has 1 aliphatic rings. The predicted molar refractivity (Wildman–Crippen MR) is 115 cm³/mol. The van der Waals surface area contributed by atoms with Crippen molar-refractivity contribution in [1.82, 2.24) is 15.5 Å². The molecule has 6 heteroatoms. The van der Waals surface area contributed by atoms with Crippen molar-refractivity contribution in [3.05, 3.63) is 35.9 Å². The second-order valence-corrected chi connectivity index (χ2v) is 9.06. The Morgan fingerprint density at radius 2 is 1.89 bits per heavy atom. The van der Waals surface area contributed by atoms with Gasteiger partial charge >= 0.3 is 0 Å². The molecule has 1 aliphatic carbocycles. The Labute approximate surface area is 169 Å². The van der Waals surface area contributed by atoms with Gasteiger partial charge in [-0.1, -0.05) is 63.9 Å². The van der Waals surface area contributed by atoms with Gasteiger partial charge in [0.1, 0.15) is 6.04 Å². The molecule has 0 heterocycles. The average Bonchev–Trinajstić information content (AvgIpc) is 2.61. The highest BCUT2D eigenvalue weighted by Gasteiger charge is 2.34. The van der Waals surface area contributed by atoms with Gasteiger partial charge in [-0.2, -0.15) is 0 Å². The molecule has 2 rings (SSSR count). The van der Waals surface area contributed by atoms with Crippen molar-refractivity contribution < 1.29 is 4.79 Å². The number of carbonyl (C=O) groups excluding carboxylic acids is 1. The number of benzene rings is 1. The summed E-state index contributed by atoms with van der Waals surface area (Å²) in [5.41, 5.74) is 7.04. The molecule has 0 saturated heterocycles. The van der Waals surface area contributed by atoms with Crippen LogP contribution in [-0.4, -0.2) is 41.1 Å². The molecule has 5 nitrogen and oxygen atoms in total. The van der Waals surface area contributed by atoms with Crippen molar-refractivity contribution in [1.29, 1.82) is 0 Å². The van der Waals surface area contributed by atoms with Gasteiger partial charge in [-0.3, -0.25) is 4.79 Å². The van der Waals surface area contributed by atoms with Gasteiger partial charge in [0.05, 0.1) is 0 Å². The number of likely N-dealkylation sites (N-methyl/N-ethyl adjacent to an activating group) is 1. The van der Waals surface area contributed by atoms with Crippen molar-refractivity contribution in [3.8, 4) is 0 Å².